The van der Waals surface area contributed by atoms with Gasteiger partial charge in [0.15, 0.2) is 0 Å². The lowest BCUT2D eigenvalue weighted by atomic mass is 9.98. The minimum atomic E-state index is 0.439. The first-order valence-electron chi connectivity index (χ1n) is 7.57. The summed E-state index contributed by atoms with van der Waals surface area (Å²) < 4.78 is 2.08. The van der Waals surface area contributed by atoms with Gasteiger partial charge in [0.2, 0.25) is 0 Å². The summed E-state index contributed by atoms with van der Waals surface area (Å²) in [6.45, 7) is 9.92. The smallest absolute Gasteiger partial charge is 0.0638 e. The van der Waals surface area contributed by atoms with Crippen molar-refractivity contribution in [2.75, 3.05) is 13.1 Å². The van der Waals surface area contributed by atoms with Crippen LogP contribution in [0, 0.1) is 18.8 Å². The van der Waals surface area contributed by atoms with Gasteiger partial charge in [-0.2, -0.15) is 5.10 Å². The molecule has 0 radical (unpaired) electrons. The maximum Gasteiger partial charge on any atom is 0.0638 e. The van der Waals surface area contributed by atoms with Crippen molar-refractivity contribution < 1.29 is 0 Å². The van der Waals surface area contributed by atoms with Crippen molar-refractivity contribution in [2.24, 2.45) is 17.6 Å². The third-order valence-corrected chi connectivity index (χ3v) is 4.93. The van der Waals surface area contributed by atoms with Gasteiger partial charge in [0.25, 0.3) is 0 Å². The second kappa shape index (κ2) is 4.91. The van der Waals surface area contributed by atoms with Crippen LogP contribution in [0.1, 0.15) is 44.0 Å². The van der Waals surface area contributed by atoms with E-state index in [0.29, 0.717) is 12.1 Å². The van der Waals surface area contributed by atoms with Crippen LogP contribution in [0.4, 0.5) is 0 Å². The van der Waals surface area contributed by atoms with E-state index in [4.69, 9.17) is 5.73 Å². The highest BCUT2D eigenvalue weighted by molar-refractivity contribution is 5.16. The molecule has 0 spiro atoms. The van der Waals surface area contributed by atoms with Gasteiger partial charge in [-0.25, -0.2) is 0 Å². The largest absolute Gasteiger partial charge is 0.327 e. The number of likely N-dealkylation sites (tertiary alicyclic amines) is 1. The Kier molecular flexibility index (Phi) is 3.39. The van der Waals surface area contributed by atoms with Crippen molar-refractivity contribution in [1.29, 1.82) is 0 Å². The molecule has 1 aromatic rings. The van der Waals surface area contributed by atoms with Gasteiger partial charge in [0.1, 0.15) is 0 Å². The molecule has 2 aliphatic rings. The molecule has 2 N–H and O–H groups in total. The van der Waals surface area contributed by atoms with Crippen LogP contribution in [0.5, 0.6) is 0 Å². The average molecular weight is 262 g/mol. The molecular weight excluding hydrogens is 236 g/mol. The van der Waals surface area contributed by atoms with E-state index in [1.807, 2.05) is 0 Å². The summed E-state index contributed by atoms with van der Waals surface area (Å²) in [5.74, 6) is 1.58. The first kappa shape index (κ1) is 13.1. The molecule has 106 valence electrons. The molecule has 19 heavy (non-hydrogen) atoms. The first-order chi connectivity index (χ1) is 9.04. The highest BCUT2D eigenvalue weighted by atomic mass is 15.3. The summed E-state index contributed by atoms with van der Waals surface area (Å²) in [7, 11) is 0. The Bertz CT molecular complexity index is 451. The van der Waals surface area contributed by atoms with Gasteiger partial charge in [-0.1, -0.05) is 0 Å². The fourth-order valence-electron chi connectivity index (χ4n) is 3.71. The van der Waals surface area contributed by atoms with Gasteiger partial charge >= 0.3 is 0 Å². The van der Waals surface area contributed by atoms with Crippen LogP contribution in [-0.4, -0.2) is 33.8 Å². The molecule has 1 aliphatic carbocycles. The monoisotopic (exact) mass is 262 g/mol. The molecule has 3 rings (SSSR count). The van der Waals surface area contributed by atoms with E-state index in [0.717, 1.165) is 18.4 Å². The van der Waals surface area contributed by atoms with Gasteiger partial charge in [-0.3, -0.25) is 9.58 Å². The molecule has 3 atom stereocenters. The summed E-state index contributed by atoms with van der Waals surface area (Å²) in [6.07, 6.45) is 4.77. The highest BCUT2D eigenvalue weighted by Gasteiger charge is 2.40. The number of hydrogen-bond acceptors (Lipinski definition) is 3. The summed E-state index contributed by atoms with van der Waals surface area (Å²) >= 11 is 0. The molecule has 0 amide bonds. The SMILES string of the molecule is Cc1nn(C(C)C)cc1CN1CC2CCC(N)C2C1. The topological polar surface area (TPSA) is 47.1 Å². The predicted octanol–water partition coefficient (Wildman–Crippen LogP) is 1.94. The minimum Gasteiger partial charge on any atom is -0.327 e. The molecule has 2 heterocycles. The van der Waals surface area contributed by atoms with Gasteiger partial charge < -0.3 is 5.73 Å². The van der Waals surface area contributed by atoms with Crippen molar-refractivity contribution in [3.05, 3.63) is 17.5 Å². The van der Waals surface area contributed by atoms with Crippen LogP contribution in [0.25, 0.3) is 0 Å². The molecule has 1 saturated heterocycles. The number of nitrogens with two attached hydrogens (primary N) is 1. The summed E-state index contributed by atoms with van der Waals surface area (Å²) in [6, 6.07) is 0.883. The van der Waals surface area contributed by atoms with E-state index in [-0.39, 0.29) is 0 Å². The van der Waals surface area contributed by atoms with Gasteiger partial charge in [-0.15, -0.1) is 0 Å². The van der Waals surface area contributed by atoms with Crippen molar-refractivity contribution in [3.8, 4) is 0 Å². The van der Waals surface area contributed by atoms with Crippen molar-refractivity contribution in [3.63, 3.8) is 0 Å². The first-order valence-corrected chi connectivity index (χ1v) is 7.57. The minimum absolute atomic E-state index is 0.439. The van der Waals surface area contributed by atoms with E-state index in [9.17, 15) is 0 Å². The van der Waals surface area contributed by atoms with Crippen molar-refractivity contribution in [1.82, 2.24) is 14.7 Å². The molecular formula is C15H26N4. The Morgan fingerprint density at radius 1 is 1.37 bits per heavy atom. The lowest BCUT2D eigenvalue weighted by Gasteiger charge is -2.17. The molecule has 1 aromatic heterocycles. The second-order valence-corrected chi connectivity index (χ2v) is 6.67. The fraction of sp³-hybridized carbons (Fsp3) is 0.800. The van der Waals surface area contributed by atoms with Crippen LogP contribution < -0.4 is 5.73 Å². The molecule has 1 saturated carbocycles. The average Bonchev–Trinajstić information content (AvgIpc) is 2.99. The molecule has 3 unspecified atom stereocenters. The Morgan fingerprint density at radius 2 is 2.16 bits per heavy atom. The van der Waals surface area contributed by atoms with Gasteiger partial charge in [0, 0.05) is 43.5 Å². The lowest BCUT2D eigenvalue weighted by Crippen LogP contribution is -2.30. The highest BCUT2D eigenvalue weighted by Crippen LogP contribution is 2.37. The number of hydrogen-bond donors (Lipinski definition) is 1. The van der Waals surface area contributed by atoms with Gasteiger partial charge in [-0.05, 0) is 45.4 Å². The maximum atomic E-state index is 6.21. The third kappa shape index (κ3) is 2.43. The zero-order valence-electron chi connectivity index (χ0n) is 12.3. The van der Waals surface area contributed by atoms with Crippen LogP contribution in [0.2, 0.25) is 0 Å². The summed E-state index contributed by atoms with van der Waals surface area (Å²) in [4.78, 5) is 2.57. The van der Waals surface area contributed by atoms with Crippen LogP contribution in [0.3, 0.4) is 0 Å². The quantitative estimate of drug-likeness (QED) is 0.905. The molecule has 0 bridgehead atoms. The summed E-state index contributed by atoms with van der Waals surface area (Å²) in [5.41, 5.74) is 8.76. The van der Waals surface area contributed by atoms with Gasteiger partial charge in [0.05, 0.1) is 5.69 Å². The van der Waals surface area contributed by atoms with Crippen molar-refractivity contribution >= 4 is 0 Å². The summed E-state index contributed by atoms with van der Waals surface area (Å²) in [5, 5.41) is 4.60. The number of aryl methyl sites for hydroxylation is 1. The zero-order valence-corrected chi connectivity index (χ0v) is 12.3. The Labute approximate surface area is 116 Å². The third-order valence-electron chi connectivity index (χ3n) is 4.93. The van der Waals surface area contributed by atoms with Crippen LogP contribution in [0.15, 0.2) is 6.20 Å². The number of aromatic nitrogens is 2. The van der Waals surface area contributed by atoms with Crippen molar-refractivity contribution in [2.45, 2.75) is 52.2 Å². The number of rotatable bonds is 3. The Morgan fingerprint density at radius 3 is 2.79 bits per heavy atom. The Hall–Kier alpha value is -0.870. The van der Waals surface area contributed by atoms with E-state index in [1.165, 1.54) is 37.2 Å². The molecule has 0 aromatic carbocycles. The van der Waals surface area contributed by atoms with Crippen LogP contribution in [-0.2, 0) is 6.54 Å². The van der Waals surface area contributed by atoms with E-state index in [2.05, 4.69) is 41.6 Å². The molecule has 4 nitrogen and oxygen atoms in total. The van der Waals surface area contributed by atoms with E-state index in [1.54, 1.807) is 0 Å². The normalized spacial score (nSPS) is 31.3. The standard InChI is InChI=1S/C15H26N4/c1-10(2)19-8-13(11(3)17-19)7-18-6-12-4-5-15(16)14(12)9-18/h8,10,12,14-15H,4-7,9,16H2,1-3H3. The molecule has 2 fully saturated rings. The lowest BCUT2D eigenvalue weighted by molar-refractivity contribution is 0.297. The Balaban J connectivity index is 1.66. The zero-order chi connectivity index (χ0) is 13.6. The second-order valence-electron chi connectivity index (χ2n) is 6.67. The number of fused-ring (bicyclic) bond motifs is 1. The molecule has 1 aliphatic heterocycles. The number of nitrogens with zero attached hydrogens (tertiary/aromatic N) is 3. The maximum absolute atomic E-state index is 6.21. The predicted molar refractivity (Wildman–Crippen MR) is 76.8 cm³/mol. The fourth-order valence-corrected chi connectivity index (χ4v) is 3.71. The van der Waals surface area contributed by atoms with Crippen LogP contribution >= 0.6 is 0 Å². The van der Waals surface area contributed by atoms with E-state index >= 15 is 0 Å². The molecule has 4 heteroatoms. The van der Waals surface area contributed by atoms with E-state index < -0.39 is 0 Å².